The summed E-state index contributed by atoms with van der Waals surface area (Å²) in [6.45, 7) is -0.222. The van der Waals surface area contributed by atoms with Gasteiger partial charge in [0, 0.05) is 6.07 Å². The van der Waals surface area contributed by atoms with Crippen LogP contribution in [0.5, 0.6) is 0 Å². The molecule has 0 aliphatic heterocycles. The van der Waals surface area contributed by atoms with Crippen molar-refractivity contribution in [3.05, 3.63) is 57.8 Å². The molecule has 1 heterocycles. The third kappa shape index (κ3) is 3.05. The van der Waals surface area contributed by atoms with Gasteiger partial charge in [-0.2, -0.15) is 5.10 Å². The fraction of sp³-hybridized carbons (Fsp3) is 0.312. The SMILES string of the molecule is O=C(Cn1nc2c(cc1=O)CCCC2)Nc1ccccc1F. The van der Waals surface area contributed by atoms with Gasteiger partial charge in [0.1, 0.15) is 12.4 Å². The zero-order valence-corrected chi connectivity index (χ0v) is 12.0. The van der Waals surface area contributed by atoms with E-state index in [-0.39, 0.29) is 17.8 Å². The molecule has 6 heteroatoms. The normalized spacial score (nSPS) is 13.5. The summed E-state index contributed by atoms with van der Waals surface area (Å²) in [5, 5.41) is 6.72. The van der Waals surface area contributed by atoms with E-state index in [1.165, 1.54) is 12.1 Å². The second-order valence-corrected chi connectivity index (χ2v) is 5.35. The second-order valence-electron chi connectivity index (χ2n) is 5.35. The number of anilines is 1. The second kappa shape index (κ2) is 6.09. The number of benzene rings is 1. The third-order valence-electron chi connectivity index (χ3n) is 3.72. The van der Waals surface area contributed by atoms with Crippen LogP contribution in [-0.4, -0.2) is 15.7 Å². The van der Waals surface area contributed by atoms with Crippen LogP contribution in [0.4, 0.5) is 10.1 Å². The van der Waals surface area contributed by atoms with Crippen molar-refractivity contribution in [2.75, 3.05) is 5.32 Å². The Balaban J connectivity index is 1.77. The molecule has 0 spiro atoms. The zero-order chi connectivity index (χ0) is 15.5. The van der Waals surface area contributed by atoms with E-state index in [0.29, 0.717) is 0 Å². The number of halogens is 1. The van der Waals surface area contributed by atoms with Crippen molar-refractivity contribution < 1.29 is 9.18 Å². The van der Waals surface area contributed by atoms with Gasteiger partial charge in [0.25, 0.3) is 5.56 Å². The Labute approximate surface area is 126 Å². The van der Waals surface area contributed by atoms with Gasteiger partial charge < -0.3 is 5.32 Å². The standard InChI is InChI=1S/C16H16FN3O2/c17-12-6-2-4-8-14(12)18-15(21)10-20-16(22)9-11-5-1-3-7-13(11)19-20/h2,4,6,8-9H,1,3,5,7,10H2,(H,18,21). The molecule has 1 aromatic carbocycles. The zero-order valence-electron chi connectivity index (χ0n) is 12.0. The number of nitrogens with zero attached hydrogens (tertiary/aromatic N) is 2. The average molecular weight is 301 g/mol. The molecule has 1 aliphatic rings. The van der Waals surface area contributed by atoms with Crippen molar-refractivity contribution in [1.29, 1.82) is 0 Å². The number of rotatable bonds is 3. The lowest BCUT2D eigenvalue weighted by Gasteiger charge is -2.15. The quantitative estimate of drug-likeness (QED) is 0.941. The van der Waals surface area contributed by atoms with Gasteiger partial charge in [-0.05, 0) is 43.4 Å². The molecule has 1 N–H and O–H groups in total. The predicted octanol–water partition coefficient (Wildman–Crippen LogP) is 1.90. The summed E-state index contributed by atoms with van der Waals surface area (Å²) in [7, 11) is 0. The summed E-state index contributed by atoms with van der Waals surface area (Å²) in [5.74, 6) is -0.989. The van der Waals surface area contributed by atoms with Crippen LogP contribution in [0.15, 0.2) is 35.1 Å². The van der Waals surface area contributed by atoms with Crippen LogP contribution in [0.25, 0.3) is 0 Å². The lowest BCUT2D eigenvalue weighted by atomic mass is 9.97. The van der Waals surface area contributed by atoms with E-state index in [4.69, 9.17) is 0 Å². The molecule has 0 radical (unpaired) electrons. The molecule has 3 rings (SSSR count). The molecule has 114 valence electrons. The molecule has 2 aromatic rings. The molecule has 22 heavy (non-hydrogen) atoms. The van der Waals surface area contributed by atoms with Gasteiger partial charge in [0.2, 0.25) is 5.91 Å². The molecule has 0 fully saturated rings. The van der Waals surface area contributed by atoms with E-state index in [0.717, 1.165) is 41.6 Å². The van der Waals surface area contributed by atoms with Crippen molar-refractivity contribution in [3.63, 3.8) is 0 Å². The molecule has 0 bridgehead atoms. The molecule has 1 amide bonds. The van der Waals surface area contributed by atoms with Gasteiger partial charge in [-0.25, -0.2) is 9.07 Å². The minimum Gasteiger partial charge on any atom is -0.322 e. The van der Waals surface area contributed by atoms with E-state index in [1.54, 1.807) is 18.2 Å². The fourth-order valence-corrected chi connectivity index (χ4v) is 2.60. The van der Waals surface area contributed by atoms with Crippen LogP contribution in [0, 0.1) is 5.82 Å². The van der Waals surface area contributed by atoms with Crippen molar-refractivity contribution >= 4 is 11.6 Å². The molecule has 0 saturated carbocycles. The predicted molar refractivity (Wildman–Crippen MR) is 80.2 cm³/mol. The highest BCUT2D eigenvalue weighted by molar-refractivity contribution is 5.90. The first-order valence-electron chi connectivity index (χ1n) is 7.28. The van der Waals surface area contributed by atoms with Crippen molar-refractivity contribution in [3.8, 4) is 0 Å². The maximum Gasteiger partial charge on any atom is 0.267 e. The van der Waals surface area contributed by atoms with Crippen LogP contribution in [0.1, 0.15) is 24.1 Å². The highest BCUT2D eigenvalue weighted by Crippen LogP contribution is 2.17. The van der Waals surface area contributed by atoms with E-state index >= 15 is 0 Å². The van der Waals surface area contributed by atoms with Gasteiger partial charge in [0.15, 0.2) is 0 Å². The number of hydrogen-bond acceptors (Lipinski definition) is 3. The summed E-state index contributed by atoms with van der Waals surface area (Å²) in [4.78, 5) is 24.0. The van der Waals surface area contributed by atoms with Gasteiger partial charge >= 0.3 is 0 Å². The summed E-state index contributed by atoms with van der Waals surface area (Å²) in [6, 6.07) is 7.45. The molecule has 5 nitrogen and oxygen atoms in total. The number of fused-ring (bicyclic) bond motifs is 1. The first kappa shape index (κ1) is 14.4. The number of nitrogens with one attached hydrogen (secondary N) is 1. The van der Waals surface area contributed by atoms with Crippen LogP contribution in [-0.2, 0) is 24.2 Å². The lowest BCUT2D eigenvalue weighted by Crippen LogP contribution is -2.31. The maximum absolute atomic E-state index is 13.5. The minimum absolute atomic E-state index is 0.0958. The Morgan fingerprint density at radius 1 is 1.27 bits per heavy atom. The topological polar surface area (TPSA) is 64.0 Å². The molecule has 0 atom stereocenters. The van der Waals surface area contributed by atoms with Crippen molar-refractivity contribution in [1.82, 2.24) is 9.78 Å². The maximum atomic E-state index is 13.5. The van der Waals surface area contributed by atoms with Crippen LogP contribution in [0.2, 0.25) is 0 Å². The van der Waals surface area contributed by atoms with Crippen LogP contribution in [0.3, 0.4) is 0 Å². The van der Waals surface area contributed by atoms with E-state index in [1.807, 2.05) is 0 Å². The average Bonchev–Trinajstić information content (AvgIpc) is 2.50. The van der Waals surface area contributed by atoms with E-state index < -0.39 is 11.7 Å². The summed E-state index contributed by atoms with van der Waals surface area (Å²) >= 11 is 0. The molecule has 0 unspecified atom stereocenters. The molecular formula is C16H16FN3O2. The van der Waals surface area contributed by atoms with E-state index in [2.05, 4.69) is 10.4 Å². The molecule has 1 aliphatic carbocycles. The van der Waals surface area contributed by atoms with Gasteiger partial charge in [-0.1, -0.05) is 12.1 Å². The minimum atomic E-state index is -0.512. The highest BCUT2D eigenvalue weighted by Gasteiger charge is 2.15. The van der Waals surface area contributed by atoms with Crippen molar-refractivity contribution in [2.24, 2.45) is 0 Å². The first-order chi connectivity index (χ1) is 10.6. The summed E-state index contributed by atoms with van der Waals surface area (Å²) < 4.78 is 14.6. The Bertz CT molecular complexity index is 770. The monoisotopic (exact) mass is 301 g/mol. The van der Waals surface area contributed by atoms with Gasteiger partial charge in [0.05, 0.1) is 11.4 Å². The Morgan fingerprint density at radius 3 is 2.86 bits per heavy atom. The summed E-state index contributed by atoms with van der Waals surface area (Å²) in [6.07, 6.45) is 3.79. The third-order valence-corrected chi connectivity index (χ3v) is 3.72. The Morgan fingerprint density at radius 2 is 2.05 bits per heavy atom. The molecule has 0 saturated heterocycles. The first-order valence-corrected chi connectivity index (χ1v) is 7.28. The number of hydrogen-bond donors (Lipinski definition) is 1. The van der Waals surface area contributed by atoms with Crippen LogP contribution >= 0.6 is 0 Å². The number of aromatic nitrogens is 2. The van der Waals surface area contributed by atoms with Crippen molar-refractivity contribution in [2.45, 2.75) is 32.2 Å². The number of para-hydroxylation sites is 1. The van der Waals surface area contributed by atoms with Gasteiger partial charge in [-0.3, -0.25) is 9.59 Å². The smallest absolute Gasteiger partial charge is 0.267 e. The number of carbonyl (C=O) groups excluding carboxylic acids is 1. The Kier molecular flexibility index (Phi) is 4.00. The number of carbonyl (C=O) groups is 1. The van der Waals surface area contributed by atoms with E-state index in [9.17, 15) is 14.0 Å². The largest absolute Gasteiger partial charge is 0.322 e. The Hall–Kier alpha value is -2.50. The lowest BCUT2D eigenvalue weighted by molar-refractivity contribution is -0.117. The van der Waals surface area contributed by atoms with Crippen LogP contribution < -0.4 is 10.9 Å². The number of aryl methyl sites for hydroxylation is 2. The number of amides is 1. The summed E-state index contributed by atoms with van der Waals surface area (Å²) in [5.41, 5.74) is 1.65. The van der Waals surface area contributed by atoms with Gasteiger partial charge in [-0.15, -0.1) is 0 Å². The molecular weight excluding hydrogens is 285 g/mol. The molecule has 1 aromatic heterocycles. The fourth-order valence-electron chi connectivity index (χ4n) is 2.60. The highest BCUT2D eigenvalue weighted by atomic mass is 19.1.